The Morgan fingerprint density at radius 2 is 2.14 bits per heavy atom. The molecule has 1 aliphatic carbocycles. The monoisotopic (exact) mass is 296 g/mol. The summed E-state index contributed by atoms with van der Waals surface area (Å²) in [6, 6.07) is 0. The molecule has 0 saturated heterocycles. The number of hydrogen-bond donors (Lipinski definition) is 2. The van der Waals surface area contributed by atoms with Crippen molar-refractivity contribution in [2.45, 2.75) is 64.8 Å². The third kappa shape index (κ3) is 4.17. The van der Waals surface area contributed by atoms with Gasteiger partial charge in [-0.25, -0.2) is 0 Å². The van der Waals surface area contributed by atoms with Crippen LogP contribution >= 0.6 is 0 Å². The molecule has 0 unspecified atom stereocenters. The third-order valence-electron chi connectivity index (χ3n) is 4.73. The lowest BCUT2D eigenvalue weighted by atomic mass is 9.62. The average Bonchev–Trinajstić information content (AvgIpc) is 2.35. The number of hydrogen-bond acceptors (Lipinski definition) is 4. The Morgan fingerprint density at radius 3 is 2.62 bits per heavy atom. The van der Waals surface area contributed by atoms with E-state index < -0.39 is 11.7 Å². The smallest absolute Gasteiger partial charge is 0.302 e. The van der Waals surface area contributed by atoms with Gasteiger partial charge in [0.05, 0.1) is 11.7 Å². The lowest BCUT2D eigenvalue weighted by Gasteiger charge is -2.47. The van der Waals surface area contributed by atoms with E-state index in [1.54, 1.807) is 6.92 Å². The fourth-order valence-electron chi connectivity index (χ4n) is 3.09. The van der Waals surface area contributed by atoms with Gasteiger partial charge in [-0.05, 0) is 31.3 Å². The summed E-state index contributed by atoms with van der Waals surface area (Å²) in [5, 5.41) is 20.3. The molecule has 4 atom stereocenters. The van der Waals surface area contributed by atoms with E-state index in [1.165, 1.54) is 13.0 Å². The molecular weight excluding hydrogens is 268 g/mol. The molecular formula is C17H28O4. The van der Waals surface area contributed by atoms with Crippen molar-refractivity contribution in [2.24, 2.45) is 11.3 Å². The summed E-state index contributed by atoms with van der Waals surface area (Å²) in [6.45, 7) is 14.8. The SMILES string of the molecule is C=C[C@](C)(O)CC[C@@H]1C(=C)[C@@H](O)C[C@H](OC(C)=O)C1(C)C. The quantitative estimate of drug-likeness (QED) is 0.604. The Hall–Kier alpha value is -1.13. The third-order valence-corrected chi connectivity index (χ3v) is 4.73. The molecule has 0 aromatic rings. The minimum Gasteiger partial charge on any atom is -0.462 e. The van der Waals surface area contributed by atoms with Crippen LogP contribution in [0.1, 0.15) is 47.0 Å². The van der Waals surface area contributed by atoms with Gasteiger partial charge in [0.15, 0.2) is 0 Å². The molecule has 4 heteroatoms. The number of carbonyl (C=O) groups excluding carboxylic acids is 1. The summed E-state index contributed by atoms with van der Waals surface area (Å²) < 4.78 is 5.39. The number of aliphatic hydroxyl groups is 2. The maximum atomic E-state index is 11.3. The Labute approximate surface area is 127 Å². The number of ether oxygens (including phenoxy) is 1. The molecule has 0 heterocycles. The van der Waals surface area contributed by atoms with Gasteiger partial charge in [0.2, 0.25) is 0 Å². The highest BCUT2D eigenvalue weighted by Gasteiger charge is 2.47. The van der Waals surface area contributed by atoms with E-state index in [2.05, 4.69) is 13.2 Å². The molecule has 0 bridgehead atoms. The van der Waals surface area contributed by atoms with Gasteiger partial charge in [0.25, 0.3) is 0 Å². The lowest BCUT2D eigenvalue weighted by Crippen LogP contribution is -2.49. The van der Waals surface area contributed by atoms with E-state index >= 15 is 0 Å². The number of rotatable bonds is 5. The van der Waals surface area contributed by atoms with E-state index in [4.69, 9.17) is 4.74 Å². The molecule has 2 N–H and O–H groups in total. The summed E-state index contributed by atoms with van der Waals surface area (Å²) in [5.41, 5.74) is -0.530. The molecule has 21 heavy (non-hydrogen) atoms. The molecule has 0 aliphatic heterocycles. The van der Waals surface area contributed by atoms with Crippen molar-refractivity contribution in [3.05, 3.63) is 24.8 Å². The summed E-state index contributed by atoms with van der Waals surface area (Å²) >= 11 is 0. The van der Waals surface area contributed by atoms with Crippen LogP contribution in [0.2, 0.25) is 0 Å². The highest BCUT2D eigenvalue weighted by molar-refractivity contribution is 5.66. The Bertz CT molecular complexity index is 423. The van der Waals surface area contributed by atoms with Crippen molar-refractivity contribution in [1.82, 2.24) is 0 Å². The second kappa shape index (κ2) is 6.32. The van der Waals surface area contributed by atoms with Crippen molar-refractivity contribution in [2.75, 3.05) is 0 Å². The maximum absolute atomic E-state index is 11.3. The van der Waals surface area contributed by atoms with Crippen molar-refractivity contribution < 1.29 is 19.7 Å². The fourth-order valence-corrected chi connectivity index (χ4v) is 3.09. The van der Waals surface area contributed by atoms with Gasteiger partial charge in [-0.3, -0.25) is 4.79 Å². The highest BCUT2D eigenvalue weighted by atomic mass is 16.5. The molecule has 0 amide bonds. The van der Waals surface area contributed by atoms with Crippen LogP contribution in [0.15, 0.2) is 24.8 Å². The molecule has 1 saturated carbocycles. The minimum absolute atomic E-state index is 0.0305. The summed E-state index contributed by atoms with van der Waals surface area (Å²) in [5.74, 6) is -0.373. The molecule has 0 spiro atoms. The van der Waals surface area contributed by atoms with E-state index in [0.717, 1.165) is 5.57 Å². The summed E-state index contributed by atoms with van der Waals surface area (Å²) in [6.07, 6.45) is 2.03. The largest absolute Gasteiger partial charge is 0.462 e. The van der Waals surface area contributed by atoms with E-state index in [-0.39, 0.29) is 23.4 Å². The first-order valence-corrected chi connectivity index (χ1v) is 7.41. The second-order valence-electron chi connectivity index (χ2n) is 6.90. The lowest BCUT2D eigenvalue weighted by molar-refractivity contribution is -0.160. The van der Waals surface area contributed by atoms with Crippen LogP contribution in [0, 0.1) is 11.3 Å². The Balaban J connectivity index is 2.94. The van der Waals surface area contributed by atoms with Crippen LogP contribution < -0.4 is 0 Å². The predicted octanol–water partition coefficient (Wildman–Crippen LogP) is 2.60. The second-order valence-corrected chi connectivity index (χ2v) is 6.90. The first-order chi connectivity index (χ1) is 9.51. The minimum atomic E-state index is -0.949. The van der Waals surface area contributed by atoms with Crippen molar-refractivity contribution >= 4 is 5.97 Å². The van der Waals surface area contributed by atoms with Gasteiger partial charge in [0, 0.05) is 18.8 Å². The van der Waals surface area contributed by atoms with E-state index in [9.17, 15) is 15.0 Å². The van der Waals surface area contributed by atoms with E-state index in [0.29, 0.717) is 19.3 Å². The molecule has 0 aromatic heterocycles. The normalized spacial score (nSPS) is 31.3. The molecule has 1 rings (SSSR count). The first-order valence-electron chi connectivity index (χ1n) is 7.41. The van der Waals surface area contributed by atoms with Crippen LogP contribution in [0.25, 0.3) is 0 Å². The van der Waals surface area contributed by atoms with Crippen LogP contribution in [-0.4, -0.2) is 34.0 Å². The molecule has 120 valence electrons. The first kappa shape index (κ1) is 17.9. The van der Waals surface area contributed by atoms with Crippen molar-refractivity contribution in [1.29, 1.82) is 0 Å². The number of carbonyl (C=O) groups is 1. The molecule has 1 aliphatic rings. The molecule has 1 fully saturated rings. The van der Waals surface area contributed by atoms with Gasteiger partial charge in [-0.2, -0.15) is 0 Å². The molecule has 4 nitrogen and oxygen atoms in total. The predicted molar refractivity (Wildman–Crippen MR) is 82.6 cm³/mol. The topological polar surface area (TPSA) is 66.8 Å². The van der Waals surface area contributed by atoms with Crippen molar-refractivity contribution in [3.8, 4) is 0 Å². The van der Waals surface area contributed by atoms with Crippen LogP contribution in [0.3, 0.4) is 0 Å². The van der Waals surface area contributed by atoms with Crippen LogP contribution in [0.4, 0.5) is 0 Å². The van der Waals surface area contributed by atoms with Crippen LogP contribution in [0.5, 0.6) is 0 Å². The molecule has 0 radical (unpaired) electrons. The highest BCUT2D eigenvalue weighted by Crippen LogP contribution is 2.47. The van der Waals surface area contributed by atoms with Gasteiger partial charge in [-0.15, -0.1) is 6.58 Å². The summed E-state index contributed by atoms with van der Waals surface area (Å²) in [4.78, 5) is 11.3. The van der Waals surface area contributed by atoms with Crippen molar-refractivity contribution in [3.63, 3.8) is 0 Å². The average molecular weight is 296 g/mol. The van der Waals surface area contributed by atoms with E-state index in [1.807, 2.05) is 13.8 Å². The zero-order valence-corrected chi connectivity index (χ0v) is 13.6. The standard InChI is InChI=1S/C17H28O4/c1-7-17(6,20)9-8-13-11(2)14(19)10-15(16(13,4)5)21-12(3)18/h7,13-15,19-20H,1-2,8-10H2,3-6H3/t13-,14+,15+,17+/m1/s1. The summed E-state index contributed by atoms with van der Waals surface area (Å²) in [7, 11) is 0. The Kier molecular flexibility index (Phi) is 5.40. The van der Waals surface area contributed by atoms with Gasteiger partial charge in [0.1, 0.15) is 6.10 Å². The zero-order chi connectivity index (χ0) is 16.4. The number of aliphatic hydroxyl groups excluding tert-OH is 1. The van der Waals surface area contributed by atoms with Crippen LogP contribution in [-0.2, 0) is 9.53 Å². The van der Waals surface area contributed by atoms with Gasteiger partial charge in [-0.1, -0.05) is 26.5 Å². The van der Waals surface area contributed by atoms with Gasteiger partial charge >= 0.3 is 5.97 Å². The fraction of sp³-hybridized carbons (Fsp3) is 0.706. The molecule has 0 aromatic carbocycles. The maximum Gasteiger partial charge on any atom is 0.302 e. The number of esters is 1. The Morgan fingerprint density at radius 1 is 1.57 bits per heavy atom. The van der Waals surface area contributed by atoms with Gasteiger partial charge < -0.3 is 14.9 Å². The zero-order valence-electron chi connectivity index (χ0n) is 13.6.